The molecular weight excluding hydrogens is 205 g/mol. The van der Waals surface area contributed by atoms with Crippen molar-refractivity contribution in [2.24, 2.45) is 0 Å². The fourth-order valence-electron chi connectivity index (χ4n) is 0.893. The molecule has 6 nitrogen and oxygen atoms in total. The molecule has 0 heterocycles. The molecule has 0 bridgehead atoms. The molecule has 0 unspecified atom stereocenters. The second kappa shape index (κ2) is 8.59. The fourth-order valence-corrected chi connectivity index (χ4v) is 0.893. The Labute approximate surface area is 93.3 Å². The molecule has 6 N–H and O–H groups in total. The third kappa shape index (κ3) is 5.24. The van der Waals surface area contributed by atoms with E-state index >= 15 is 0 Å². The lowest BCUT2D eigenvalue weighted by Gasteiger charge is -2.25. The first kappa shape index (κ1) is 16.7. The van der Waals surface area contributed by atoms with Crippen molar-refractivity contribution in [2.75, 3.05) is 20.2 Å². The Morgan fingerprint density at radius 1 is 1.00 bits per heavy atom. The molecule has 0 radical (unpaired) electrons. The van der Waals surface area contributed by atoms with Crippen LogP contribution < -0.4 is 5.32 Å². The van der Waals surface area contributed by atoms with Gasteiger partial charge in [-0.05, 0) is 7.05 Å². The Kier molecular flexibility index (Phi) is 10.3. The predicted molar refractivity (Wildman–Crippen MR) is 55.0 cm³/mol. The van der Waals surface area contributed by atoms with Gasteiger partial charge in [0.05, 0.1) is 12.7 Å². The molecule has 0 aromatic carbocycles. The molecule has 0 saturated carbocycles. The van der Waals surface area contributed by atoms with E-state index in [0.717, 1.165) is 0 Å². The minimum Gasteiger partial charge on any atom is -0.394 e. The third-order valence-corrected chi connectivity index (χ3v) is 1.74. The van der Waals surface area contributed by atoms with Crippen molar-refractivity contribution in [1.82, 2.24) is 5.32 Å². The van der Waals surface area contributed by atoms with Crippen LogP contribution in [0.4, 0.5) is 0 Å². The number of hydrogen-bond donors (Lipinski definition) is 6. The molecule has 4 atom stereocenters. The van der Waals surface area contributed by atoms with Crippen LogP contribution in [-0.4, -0.2) is 87.5 Å². The quantitative estimate of drug-likeness (QED) is 0.254. The summed E-state index contributed by atoms with van der Waals surface area (Å²) in [4.78, 5) is 0. The van der Waals surface area contributed by atoms with Crippen LogP contribution in [0.25, 0.3) is 0 Å². The minimum absolute atomic E-state index is 0. The number of hydrogen-bond acceptors (Lipinski definition) is 6. The molecule has 0 aliphatic carbocycles. The highest BCUT2D eigenvalue weighted by Crippen LogP contribution is 2.04. The normalized spacial score (nSPS) is 19.3. The number of aliphatic hydroxyl groups is 5. The van der Waals surface area contributed by atoms with Gasteiger partial charge in [0.25, 0.3) is 0 Å². The van der Waals surface area contributed by atoms with E-state index in [1.807, 2.05) is 0 Å². The summed E-state index contributed by atoms with van der Waals surface area (Å²) in [7, 11) is 1.57. The Morgan fingerprint density at radius 2 is 1.43 bits per heavy atom. The van der Waals surface area contributed by atoms with Crippen molar-refractivity contribution in [3.8, 4) is 0 Å². The van der Waals surface area contributed by atoms with E-state index in [0.29, 0.717) is 0 Å². The standard InChI is InChI=1S/C7H17NO5.Al.3H/c1-8-2-4(10)6(12)7(13)5(11)3-9;;;;/h4-13H,2-3H2,1H3;;;;/t4-,5+,6+,7+;;;;/m0..../s1. The molecule has 0 spiro atoms. The first-order valence-electron chi connectivity index (χ1n) is 4.02. The monoisotopic (exact) mass is 225 g/mol. The average Bonchev–Trinajstić information content (AvgIpc) is 2.14. The summed E-state index contributed by atoms with van der Waals surface area (Å²) in [5.74, 6) is 0. The smallest absolute Gasteiger partial charge is 0.187 e. The SMILES string of the molecule is CNC[C@H](O)[C@@H](O)[C@H](O)[C@H](O)CO.[AlH3]. The summed E-state index contributed by atoms with van der Waals surface area (Å²) in [5, 5.41) is 47.5. The van der Waals surface area contributed by atoms with Crippen molar-refractivity contribution >= 4 is 17.4 Å². The number of aliphatic hydroxyl groups excluding tert-OH is 5. The van der Waals surface area contributed by atoms with Crippen molar-refractivity contribution < 1.29 is 25.5 Å². The lowest BCUT2D eigenvalue weighted by Crippen LogP contribution is -2.48. The van der Waals surface area contributed by atoms with Gasteiger partial charge in [0.1, 0.15) is 18.3 Å². The highest BCUT2D eigenvalue weighted by atomic mass is 27.0. The van der Waals surface area contributed by atoms with E-state index in [2.05, 4.69) is 5.32 Å². The van der Waals surface area contributed by atoms with Gasteiger partial charge in [-0.25, -0.2) is 0 Å². The predicted octanol–water partition coefficient (Wildman–Crippen LogP) is -4.54. The van der Waals surface area contributed by atoms with E-state index in [1.165, 1.54) is 0 Å². The molecule has 0 fully saturated rings. The lowest BCUT2D eigenvalue weighted by molar-refractivity contribution is -0.113. The van der Waals surface area contributed by atoms with E-state index < -0.39 is 31.0 Å². The molecule has 14 heavy (non-hydrogen) atoms. The van der Waals surface area contributed by atoms with Gasteiger partial charge in [-0.2, -0.15) is 0 Å². The lowest BCUT2D eigenvalue weighted by atomic mass is 10.0. The summed E-state index contributed by atoms with van der Waals surface area (Å²) in [6.45, 7) is -0.569. The van der Waals surface area contributed by atoms with Gasteiger partial charge in [0.15, 0.2) is 17.4 Å². The van der Waals surface area contributed by atoms with Gasteiger partial charge in [0, 0.05) is 6.54 Å². The maximum atomic E-state index is 9.21. The molecule has 0 aromatic heterocycles. The minimum atomic E-state index is -1.55. The summed E-state index contributed by atoms with van der Waals surface area (Å²) < 4.78 is 0. The van der Waals surface area contributed by atoms with Gasteiger partial charge < -0.3 is 30.8 Å². The van der Waals surface area contributed by atoms with Gasteiger partial charge >= 0.3 is 0 Å². The van der Waals surface area contributed by atoms with Gasteiger partial charge in [-0.3, -0.25) is 0 Å². The second-order valence-electron chi connectivity index (χ2n) is 2.86. The Hall–Kier alpha value is 0.292. The summed E-state index contributed by atoms with van der Waals surface area (Å²) in [5.41, 5.74) is 0. The summed E-state index contributed by atoms with van der Waals surface area (Å²) in [6.07, 6.45) is -5.65. The van der Waals surface area contributed by atoms with Crippen LogP contribution in [0.2, 0.25) is 0 Å². The maximum absolute atomic E-state index is 9.21. The van der Waals surface area contributed by atoms with Crippen LogP contribution in [-0.2, 0) is 0 Å². The molecule has 0 aliphatic heterocycles. The van der Waals surface area contributed by atoms with Crippen molar-refractivity contribution in [3.05, 3.63) is 0 Å². The molecule has 0 saturated heterocycles. The number of likely N-dealkylation sites (N-methyl/N-ethyl adjacent to an activating group) is 1. The molecule has 0 aliphatic rings. The van der Waals surface area contributed by atoms with E-state index in [1.54, 1.807) is 7.05 Å². The van der Waals surface area contributed by atoms with Crippen LogP contribution in [0.15, 0.2) is 0 Å². The maximum Gasteiger partial charge on any atom is 0.187 e. The van der Waals surface area contributed by atoms with Gasteiger partial charge in [-0.1, -0.05) is 0 Å². The second-order valence-corrected chi connectivity index (χ2v) is 2.86. The Bertz CT molecular complexity index is 139. The summed E-state index contributed by atoms with van der Waals surface area (Å²) >= 11 is 0. The largest absolute Gasteiger partial charge is 0.394 e. The van der Waals surface area contributed by atoms with Gasteiger partial charge in [0.2, 0.25) is 0 Å². The molecule has 0 aromatic rings. The first-order chi connectivity index (χ1) is 6.04. The molecule has 86 valence electrons. The molecule has 7 heteroatoms. The van der Waals surface area contributed by atoms with E-state index in [4.69, 9.17) is 20.4 Å². The topological polar surface area (TPSA) is 113 Å². The zero-order valence-electron chi connectivity index (χ0n) is 7.46. The number of rotatable bonds is 6. The van der Waals surface area contributed by atoms with Crippen LogP contribution >= 0.6 is 0 Å². The first-order valence-corrected chi connectivity index (χ1v) is 4.02. The summed E-state index contributed by atoms with van der Waals surface area (Å²) in [6, 6.07) is 0. The Morgan fingerprint density at radius 3 is 1.79 bits per heavy atom. The zero-order chi connectivity index (χ0) is 10.4. The van der Waals surface area contributed by atoms with Crippen molar-refractivity contribution in [1.29, 1.82) is 0 Å². The fraction of sp³-hybridized carbons (Fsp3) is 1.00. The average molecular weight is 225 g/mol. The van der Waals surface area contributed by atoms with Crippen molar-refractivity contribution in [2.45, 2.75) is 24.4 Å². The van der Waals surface area contributed by atoms with E-state index in [9.17, 15) is 5.11 Å². The van der Waals surface area contributed by atoms with Gasteiger partial charge in [-0.15, -0.1) is 0 Å². The van der Waals surface area contributed by atoms with Crippen LogP contribution in [0, 0.1) is 0 Å². The number of nitrogens with one attached hydrogen (secondary N) is 1. The van der Waals surface area contributed by atoms with Crippen LogP contribution in [0.5, 0.6) is 0 Å². The zero-order valence-corrected chi connectivity index (χ0v) is 7.46. The highest BCUT2D eigenvalue weighted by Gasteiger charge is 2.29. The Balaban J connectivity index is 0. The van der Waals surface area contributed by atoms with Crippen molar-refractivity contribution in [3.63, 3.8) is 0 Å². The highest BCUT2D eigenvalue weighted by molar-refractivity contribution is 5.75. The molecule has 0 rings (SSSR count). The van der Waals surface area contributed by atoms with E-state index in [-0.39, 0.29) is 23.9 Å². The third-order valence-electron chi connectivity index (χ3n) is 1.74. The van der Waals surface area contributed by atoms with Crippen LogP contribution in [0.3, 0.4) is 0 Å². The molecular formula is C7H20AlNO5. The van der Waals surface area contributed by atoms with Crippen LogP contribution in [0.1, 0.15) is 0 Å². The molecule has 0 amide bonds.